The van der Waals surface area contributed by atoms with Crippen LogP contribution >= 0.6 is 0 Å². The van der Waals surface area contributed by atoms with E-state index in [0.29, 0.717) is 0 Å². The highest BCUT2D eigenvalue weighted by Gasteiger charge is 2.37. The molecule has 1 aliphatic heterocycles. The van der Waals surface area contributed by atoms with E-state index in [1.807, 2.05) is 60.7 Å². The Labute approximate surface area is 221 Å². The first-order chi connectivity index (χ1) is 18.1. The largest absolute Gasteiger partial charge is 0.444 e. The summed E-state index contributed by atoms with van der Waals surface area (Å²) in [6.45, 7) is 4.94. The van der Waals surface area contributed by atoms with Gasteiger partial charge in [-0.2, -0.15) is 0 Å². The minimum Gasteiger partial charge on any atom is -0.444 e. The van der Waals surface area contributed by atoms with Gasteiger partial charge in [0.2, 0.25) is 5.96 Å². The van der Waals surface area contributed by atoms with Gasteiger partial charge in [0, 0.05) is 0 Å². The maximum atomic E-state index is 13.1. The van der Waals surface area contributed by atoms with Crippen molar-refractivity contribution in [1.82, 2.24) is 15.5 Å². The molecule has 1 heterocycles. The zero-order chi connectivity index (χ0) is 27.5. The highest BCUT2D eigenvalue weighted by atomic mass is 16.6. The molecule has 3 amide bonds. The molecule has 0 radical (unpaired) electrons. The maximum absolute atomic E-state index is 13.1. The highest BCUT2D eigenvalue weighted by Crippen LogP contribution is 2.18. The number of benzene rings is 2. The van der Waals surface area contributed by atoms with E-state index in [4.69, 9.17) is 14.2 Å². The predicted molar refractivity (Wildman–Crippen MR) is 139 cm³/mol. The van der Waals surface area contributed by atoms with Crippen LogP contribution in [0.2, 0.25) is 0 Å². The number of carbonyl (C=O) groups is 3. The monoisotopic (exact) mass is 526 g/mol. The van der Waals surface area contributed by atoms with Crippen molar-refractivity contribution in [3.8, 4) is 0 Å². The summed E-state index contributed by atoms with van der Waals surface area (Å²) >= 11 is 0. The van der Waals surface area contributed by atoms with Gasteiger partial charge in [-0.25, -0.2) is 19.3 Å². The minimum absolute atomic E-state index is 0.00815. The van der Waals surface area contributed by atoms with Crippen LogP contribution in [0, 0.1) is 0 Å². The number of nitrogens with zero attached hydrogens (tertiary/aromatic N) is 2. The molecule has 0 saturated carbocycles. The Balaban J connectivity index is 1.67. The Morgan fingerprint density at radius 2 is 1.55 bits per heavy atom. The lowest BCUT2D eigenvalue weighted by Gasteiger charge is -2.28. The van der Waals surface area contributed by atoms with Crippen molar-refractivity contribution in [2.24, 2.45) is 4.99 Å². The van der Waals surface area contributed by atoms with E-state index in [0.717, 1.165) is 11.1 Å². The van der Waals surface area contributed by atoms with Crippen LogP contribution in [-0.4, -0.2) is 65.1 Å². The molecule has 3 N–H and O–H groups in total. The standard InChI is InChI=1S/C27H34N4O7/c1-27(2,3)38-25(34)29-21(16-32)14-22-15-28-23(30-24(33)36-17-19-10-6-4-7-11-19)31(22)26(35)37-18-20-12-8-5-9-13-20/h4-13,21-22,32H,14-18H2,1-3H3,(H,29,34)(H,28,30,33)/t21-,22-/m0/s1. The number of aliphatic imine (C=N–C) groups is 1. The van der Waals surface area contributed by atoms with Gasteiger partial charge < -0.3 is 24.6 Å². The quantitative estimate of drug-likeness (QED) is 0.447. The fourth-order valence-electron chi connectivity index (χ4n) is 3.66. The van der Waals surface area contributed by atoms with Crippen LogP contribution in [0.25, 0.3) is 0 Å². The molecule has 0 fully saturated rings. The van der Waals surface area contributed by atoms with Crippen LogP contribution in [0.15, 0.2) is 65.7 Å². The number of guanidine groups is 1. The van der Waals surface area contributed by atoms with Crippen LogP contribution < -0.4 is 10.6 Å². The third-order valence-electron chi connectivity index (χ3n) is 5.37. The summed E-state index contributed by atoms with van der Waals surface area (Å²) in [4.78, 5) is 43.3. The van der Waals surface area contributed by atoms with Crippen molar-refractivity contribution >= 4 is 24.2 Å². The average Bonchev–Trinajstić information content (AvgIpc) is 3.27. The van der Waals surface area contributed by atoms with Gasteiger partial charge in [0.15, 0.2) is 0 Å². The maximum Gasteiger partial charge on any atom is 0.417 e. The first-order valence-corrected chi connectivity index (χ1v) is 12.3. The van der Waals surface area contributed by atoms with Gasteiger partial charge in [0.05, 0.1) is 25.2 Å². The fraction of sp³-hybridized carbons (Fsp3) is 0.407. The summed E-state index contributed by atoms with van der Waals surface area (Å²) in [5, 5.41) is 15.0. The molecule has 38 heavy (non-hydrogen) atoms. The van der Waals surface area contributed by atoms with Crippen molar-refractivity contribution in [3.05, 3.63) is 71.8 Å². The molecule has 0 bridgehead atoms. The summed E-state index contributed by atoms with van der Waals surface area (Å²) in [6, 6.07) is 16.9. The molecule has 11 heteroatoms. The normalized spacial score (nSPS) is 15.7. The molecule has 204 valence electrons. The second-order valence-corrected chi connectivity index (χ2v) is 9.68. The molecule has 2 aromatic carbocycles. The number of amides is 3. The summed E-state index contributed by atoms with van der Waals surface area (Å²) in [5.74, 6) is -0.0416. The Bertz CT molecular complexity index is 1100. The summed E-state index contributed by atoms with van der Waals surface area (Å²) in [7, 11) is 0. The van der Waals surface area contributed by atoms with Crippen LogP contribution in [0.4, 0.5) is 14.4 Å². The fourth-order valence-corrected chi connectivity index (χ4v) is 3.66. The summed E-state index contributed by atoms with van der Waals surface area (Å²) < 4.78 is 16.0. The number of rotatable bonds is 8. The van der Waals surface area contributed by atoms with E-state index in [1.165, 1.54) is 4.90 Å². The molecule has 1 aliphatic rings. The number of aliphatic hydroxyl groups excluding tert-OH is 1. The lowest BCUT2D eigenvalue weighted by Crippen LogP contribution is -2.52. The number of alkyl carbamates (subject to hydrolysis) is 2. The lowest BCUT2D eigenvalue weighted by molar-refractivity contribution is 0.0470. The van der Waals surface area contributed by atoms with Gasteiger partial charge in [-0.3, -0.25) is 10.3 Å². The Hall–Kier alpha value is -4.12. The molecule has 2 aromatic rings. The number of carbonyl (C=O) groups excluding carboxylic acids is 3. The topological polar surface area (TPSA) is 139 Å². The molecule has 0 aromatic heterocycles. The number of aliphatic hydroxyl groups is 1. The molecule has 11 nitrogen and oxygen atoms in total. The third-order valence-corrected chi connectivity index (χ3v) is 5.37. The highest BCUT2D eigenvalue weighted by molar-refractivity contribution is 6.02. The van der Waals surface area contributed by atoms with Crippen molar-refractivity contribution in [3.63, 3.8) is 0 Å². The number of nitrogens with one attached hydrogen (secondary N) is 2. The smallest absolute Gasteiger partial charge is 0.417 e. The minimum atomic E-state index is -0.792. The molecule has 0 unspecified atom stereocenters. The average molecular weight is 527 g/mol. The molecule has 0 aliphatic carbocycles. The van der Waals surface area contributed by atoms with Crippen LogP contribution in [0.3, 0.4) is 0 Å². The summed E-state index contributed by atoms with van der Waals surface area (Å²) in [5.41, 5.74) is 0.863. The van der Waals surface area contributed by atoms with E-state index in [2.05, 4.69) is 15.6 Å². The second-order valence-electron chi connectivity index (χ2n) is 9.68. The van der Waals surface area contributed by atoms with Crippen molar-refractivity contribution in [2.45, 2.75) is 58.1 Å². The van der Waals surface area contributed by atoms with Gasteiger partial charge in [0.1, 0.15) is 18.8 Å². The zero-order valence-electron chi connectivity index (χ0n) is 21.8. The Kier molecular flexibility index (Phi) is 10.1. The molecule has 3 rings (SSSR count). The second kappa shape index (κ2) is 13.4. The summed E-state index contributed by atoms with van der Waals surface area (Å²) in [6.07, 6.45) is -2.10. The van der Waals surface area contributed by atoms with Crippen LogP contribution in [0.1, 0.15) is 38.3 Å². The zero-order valence-corrected chi connectivity index (χ0v) is 21.8. The lowest BCUT2D eigenvalue weighted by atomic mass is 10.1. The van der Waals surface area contributed by atoms with Crippen molar-refractivity contribution in [2.75, 3.05) is 13.2 Å². The third kappa shape index (κ3) is 9.07. The number of ether oxygens (including phenoxy) is 3. The van der Waals surface area contributed by atoms with Gasteiger partial charge in [-0.1, -0.05) is 60.7 Å². The molecular weight excluding hydrogens is 492 g/mol. The van der Waals surface area contributed by atoms with Crippen LogP contribution in [-0.2, 0) is 27.4 Å². The SMILES string of the molecule is CC(C)(C)OC(=O)N[C@H](CO)C[C@H]1CN=C(NC(=O)OCc2ccccc2)N1C(=O)OCc1ccccc1. The van der Waals surface area contributed by atoms with Gasteiger partial charge >= 0.3 is 18.3 Å². The van der Waals surface area contributed by atoms with Gasteiger partial charge in [-0.05, 0) is 38.3 Å². The molecule has 2 atom stereocenters. The number of hydrogen-bond acceptors (Lipinski definition) is 8. The van der Waals surface area contributed by atoms with Gasteiger partial charge in [0.25, 0.3) is 0 Å². The van der Waals surface area contributed by atoms with E-state index in [1.54, 1.807) is 20.8 Å². The molecular formula is C27H34N4O7. The predicted octanol–water partition coefficient (Wildman–Crippen LogP) is 3.57. The van der Waals surface area contributed by atoms with E-state index < -0.39 is 42.6 Å². The number of hydrogen-bond donors (Lipinski definition) is 3. The Morgan fingerprint density at radius 1 is 0.974 bits per heavy atom. The van der Waals surface area contributed by atoms with E-state index in [9.17, 15) is 19.5 Å². The van der Waals surface area contributed by atoms with Crippen molar-refractivity contribution < 1.29 is 33.7 Å². The van der Waals surface area contributed by atoms with Crippen molar-refractivity contribution in [1.29, 1.82) is 0 Å². The van der Waals surface area contributed by atoms with E-state index in [-0.39, 0.29) is 32.1 Å². The first-order valence-electron chi connectivity index (χ1n) is 12.3. The van der Waals surface area contributed by atoms with Crippen LogP contribution in [0.5, 0.6) is 0 Å². The Morgan fingerprint density at radius 3 is 2.11 bits per heavy atom. The van der Waals surface area contributed by atoms with Gasteiger partial charge in [-0.15, -0.1) is 0 Å². The van der Waals surface area contributed by atoms with E-state index >= 15 is 0 Å². The first kappa shape index (κ1) is 28.5. The molecule has 0 saturated heterocycles. The molecule has 0 spiro atoms.